The average Bonchev–Trinajstić information content (AvgIpc) is 3.18. The molecule has 1 aliphatic heterocycles. The Kier molecular flexibility index (Phi) is 8.15. The van der Waals surface area contributed by atoms with E-state index in [4.69, 9.17) is 0 Å². The molecule has 10 nitrogen and oxygen atoms in total. The van der Waals surface area contributed by atoms with Gasteiger partial charge in [0.2, 0.25) is 12.3 Å². The van der Waals surface area contributed by atoms with Crippen LogP contribution in [0.4, 0.5) is 0 Å². The van der Waals surface area contributed by atoms with Gasteiger partial charge in [0.15, 0.2) is 5.49 Å². The molecule has 1 aliphatic rings. The number of nitrogens with one attached hydrogen (secondary N) is 1. The molecule has 2 atom stereocenters. The van der Waals surface area contributed by atoms with Crippen LogP contribution in [-0.4, -0.2) is 62.6 Å². The number of carbonyl (C=O) groups excluding carboxylic acids is 3. The van der Waals surface area contributed by atoms with Crippen LogP contribution in [0.1, 0.15) is 39.0 Å². The summed E-state index contributed by atoms with van der Waals surface area (Å²) in [6, 6.07) is 3.89. The Morgan fingerprint density at radius 3 is 2.89 bits per heavy atom. The SMILES string of the molecule is CCCCC[C@H](CN(O)C=O)C(=O)N1NCC[C@H]1C(=O)N=c1ccccn1O. The fourth-order valence-electron chi connectivity index (χ4n) is 3.13. The van der Waals surface area contributed by atoms with Gasteiger partial charge in [-0.3, -0.25) is 24.6 Å². The van der Waals surface area contributed by atoms with E-state index < -0.39 is 17.9 Å². The van der Waals surface area contributed by atoms with Gasteiger partial charge in [0, 0.05) is 12.7 Å². The lowest BCUT2D eigenvalue weighted by atomic mass is 9.99. The van der Waals surface area contributed by atoms with Gasteiger partial charge in [0.25, 0.3) is 5.91 Å². The van der Waals surface area contributed by atoms with Crippen molar-refractivity contribution < 1.29 is 24.8 Å². The van der Waals surface area contributed by atoms with Gasteiger partial charge in [-0.15, -0.1) is 0 Å². The van der Waals surface area contributed by atoms with Crippen molar-refractivity contribution >= 4 is 18.2 Å². The number of hydrogen-bond acceptors (Lipinski definition) is 6. The highest BCUT2D eigenvalue weighted by molar-refractivity contribution is 5.89. The molecule has 1 aromatic rings. The van der Waals surface area contributed by atoms with Gasteiger partial charge in [0.05, 0.1) is 12.5 Å². The lowest BCUT2D eigenvalue weighted by Crippen LogP contribution is -2.50. The third-order valence-electron chi connectivity index (χ3n) is 4.61. The van der Waals surface area contributed by atoms with Crippen molar-refractivity contribution in [2.75, 3.05) is 13.1 Å². The molecule has 2 heterocycles. The summed E-state index contributed by atoms with van der Waals surface area (Å²) in [5.74, 6) is -1.56. The third-order valence-corrected chi connectivity index (χ3v) is 4.61. The Morgan fingerprint density at radius 2 is 2.21 bits per heavy atom. The van der Waals surface area contributed by atoms with E-state index in [1.165, 1.54) is 17.3 Å². The molecule has 2 rings (SSSR count). The highest BCUT2D eigenvalue weighted by atomic mass is 16.5. The molecule has 3 amide bonds. The predicted molar refractivity (Wildman–Crippen MR) is 97.6 cm³/mol. The molecule has 0 saturated carbocycles. The predicted octanol–water partition coefficient (Wildman–Crippen LogP) is 0.302. The van der Waals surface area contributed by atoms with Crippen molar-refractivity contribution in [3.05, 3.63) is 29.9 Å². The number of hydrogen-bond donors (Lipinski definition) is 3. The summed E-state index contributed by atoms with van der Waals surface area (Å²) in [5.41, 5.74) is 2.96. The van der Waals surface area contributed by atoms with E-state index in [0.29, 0.717) is 24.4 Å². The monoisotopic (exact) mass is 393 g/mol. The summed E-state index contributed by atoms with van der Waals surface area (Å²) in [5, 5.41) is 20.9. The van der Waals surface area contributed by atoms with Crippen LogP contribution in [0.15, 0.2) is 29.4 Å². The summed E-state index contributed by atoms with van der Waals surface area (Å²) in [7, 11) is 0. The molecule has 1 saturated heterocycles. The Hall–Kier alpha value is -2.72. The second kappa shape index (κ2) is 10.6. The summed E-state index contributed by atoms with van der Waals surface area (Å²) in [6.45, 7) is 2.32. The maximum Gasteiger partial charge on any atom is 0.272 e. The van der Waals surface area contributed by atoms with Gasteiger partial charge in [-0.05, 0) is 25.0 Å². The number of unbranched alkanes of at least 4 members (excludes halogenated alkanes) is 2. The molecule has 0 aliphatic carbocycles. The maximum atomic E-state index is 13.0. The molecule has 28 heavy (non-hydrogen) atoms. The first-order chi connectivity index (χ1) is 13.5. The molecule has 1 fully saturated rings. The van der Waals surface area contributed by atoms with E-state index in [0.717, 1.165) is 24.0 Å². The van der Waals surface area contributed by atoms with Gasteiger partial charge >= 0.3 is 0 Å². The van der Waals surface area contributed by atoms with Gasteiger partial charge in [0.1, 0.15) is 6.04 Å². The second-order valence-electron chi connectivity index (χ2n) is 6.69. The van der Waals surface area contributed by atoms with Crippen LogP contribution >= 0.6 is 0 Å². The Morgan fingerprint density at radius 1 is 1.43 bits per heavy atom. The molecule has 10 heteroatoms. The maximum absolute atomic E-state index is 13.0. The molecule has 0 unspecified atom stereocenters. The topological polar surface area (TPSA) is 127 Å². The minimum atomic E-state index is -0.815. The van der Waals surface area contributed by atoms with Crippen LogP contribution in [0.25, 0.3) is 0 Å². The van der Waals surface area contributed by atoms with E-state index in [9.17, 15) is 24.8 Å². The Labute approximate surface area is 163 Å². The zero-order valence-electron chi connectivity index (χ0n) is 15.9. The van der Waals surface area contributed by atoms with Gasteiger partial charge in [-0.1, -0.05) is 32.3 Å². The van der Waals surface area contributed by atoms with Gasteiger partial charge < -0.3 is 5.21 Å². The van der Waals surface area contributed by atoms with Crippen LogP contribution in [-0.2, 0) is 14.4 Å². The molecule has 3 N–H and O–H groups in total. The van der Waals surface area contributed by atoms with Crippen LogP contribution < -0.4 is 10.9 Å². The molecule has 0 bridgehead atoms. The molecule has 154 valence electrons. The van der Waals surface area contributed by atoms with E-state index >= 15 is 0 Å². The highest BCUT2D eigenvalue weighted by Crippen LogP contribution is 2.19. The Bertz CT molecular complexity index is 750. The molecule has 0 spiro atoms. The summed E-state index contributed by atoms with van der Waals surface area (Å²) < 4.78 is 0.730. The number of amides is 3. The van der Waals surface area contributed by atoms with Crippen molar-refractivity contribution in [3.8, 4) is 0 Å². The van der Waals surface area contributed by atoms with Crippen molar-refractivity contribution in [3.63, 3.8) is 0 Å². The number of nitrogens with zero attached hydrogens (tertiary/aromatic N) is 4. The van der Waals surface area contributed by atoms with Crippen LogP contribution in [0.2, 0.25) is 0 Å². The number of hydroxylamine groups is 2. The first kappa shape index (κ1) is 21.6. The smallest absolute Gasteiger partial charge is 0.272 e. The highest BCUT2D eigenvalue weighted by Gasteiger charge is 2.37. The fourth-order valence-corrected chi connectivity index (χ4v) is 3.13. The summed E-state index contributed by atoms with van der Waals surface area (Å²) in [6.07, 6.45) is 5.13. The molecule has 0 radical (unpaired) electrons. The van der Waals surface area contributed by atoms with Gasteiger partial charge in [-0.25, -0.2) is 10.5 Å². The number of hydrazine groups is 1. The van der Waals surface area contributed by atoms with Crippen molar-refractivity contribution in [2.24, 2.45) is 10.9 Å². The van der Waals surface area contributed by atoms with Gasteiger partial charge in [-0.2, -0.15) is 9.72 Å². The summed E-state index contributed by atoms with van der Waals surface area (Å²) >= 11 is 0. The summed E-state index contributed by atoms with van der Waals surface area (Å²) in [4.78, 5) is 40.3. The van der Waals surface area contributed by atoms with E-state index in [2.05, 4.69) is 10.4 Å². The van der Waals surface area contributed by atoms with Crippen LogP contribution in [0, 0.1) is 5.92 Å². The number of aromatic nitrogens is 1. The van der Waals surface area contributed by atoms with Crippen molar-refractivity contribution in [1.82, 2.24) is 20.2 Å². The number of rotatable bonds is 9. The average molecular weight is 393 g/mol. The van der Waals surface area contributed by atoms with E-state index in [-0.39, 0.29) is 24.3 Å². The standard InChI is InChI=1S/C18H27N5O5/c1-2-3-4-7-14(12-21(27)13-24)18(26)23-15(9-10-19-23)17(25)20-16-8-5-6-11-22(16)28/h5-6,8,11,13-15,19,27-28H,2-4,7,9-10,12H2,1H3/t14-,15+/m1/s1. The molecular formula is C18H27N5O5. The largest absolute Gasteiger partial charge is 0.427 e. The lowest BCUT2D eigenvalue weighted by Gasteiger charge is -2.27. The first-order valence-electron chi connectivity index (χ1n) is 9.40. The van der Waals surface area contributed by atoms with Crippen molar-refractivity contribution in [2.45, 2.75) is 45.1 Å². The van der Waals surface area contributed by atoms with Crippen LogP contribution in [0.5, 0.6) is 0 Å². The normalized spacial score (nSPS) is 18.1. The second-order valence-corrected chi connectivity index (χ2v) is 6.69. The first-order valence-corrected chi connectivity index (χ1v) is 9.40. The lowest BCUT2D eigenvalue weighted by molar-refractivity contribution is -0.159. The van der Waals surface area contributed by atoms with Crippen LogP contribution in [0.3, 0.4) is 0 Å². The molecule has 0 aromatic carbocycles. The zero-order chi connectivity index (χ0) is 20.5. The Balaban J connectivity index is 2.16. The fraction of sp³-hybridized carbons (Fsp3) is 0.556. The zero-order valence-corrected chi connectivity index (χ0v) is 15.9. The van der Waals surface area contributed by atoms with E-state index in [1.54, 1.807) is 12.1 Å². The minimum absolute atomic E-state index is 0.0637. The number of pyridine rings is 1. The third kappa shape index (κ3) is 5.64. The quantitative estimate of drug-likeness (QED) is 0.182. The molecule has 1 aromatic heterocycles. The van der Waals surface area contributed by atoms with E-state index in [1.807, 2.05) is 6.92 Å². The minimum Gasteiger partial charge on any atom is -0.427 e. The number of carbonyl (C=O) groups is 3. The van der Waals surface area contributed by atoms with Crippen molar-refractivity contribution in [1.29, 1.82) is 0 Å². The molecular weight excluding hydrogens is 366 g/mol.